The normalized spacial score (nSPS) is 16.8. The van der Waals surface area contributed by atoms with E-state index in [-0.39, 0.29) is 11.8 Å². The van der Waals surface area contributed by atoms with Crippen molar-refractivity contribution in [2.24, 2.45) is 5.92 Å². The van der Waals surface area contributed by atoms with Crippen LogP contribution < -0.4 is 0 Å². The first-order valence-corrected chi connectivity index (χ1v) is 11.8. The first-order chi connectivity index (χ1) is 11.9. The number of sulfonamides is 1. The van der Waals surface area contributed by atoms with Gasteiger partial charge in [-0.2, -0.15) is 0 Å². The number of amides is 1. The van der Waals surface area contributed by atoms with Crippen molar-refractivity contribution in [3.63, 3.8) is 0 Å². The van der Waals surface area contributed by atoms with Crippen molar-refractivity contribution in [2.75, 3.05) is 19.3 Å². The molecule has 2 aromatic heterocycles. The van der Waals surface area contributed by atoms with Gasteiger partial charge in [0.25, 0.3) is 0 Å². The Morgan fingerprint density at radius 3 is 2.04 bits per heavy atom. The Kier molecular flexibility index (Phi) is 5.93. The van der Waals surface area contributed by atoms with Gasteiger partial charge in [0.2, 0.25) is 15.9 Å². The number of hydrogen-bond donors (Lipinski definition) is 0. The van der Waals surface area contributed by atoms with E-state index in [1.807, 2.05) is 39.9 Å². The molecule has 5 nitrogen and oxygen atoms in total. The quantitative estimate of drug-likeness (QED) is 0.752. The zero-order valence-corrected chi connectivity index (χ0v) is 16.6. The molecule has 0 unspecified atom stereocenters. The van der Waals surface area contributed by atoms with E-state index >= 15 is 0 Å². The summed E-state index contributed by atoms with van der Waals surface area (Å²) in [7, 11) is -3.17. The van der Waals surface area contributed by atoms with Gasteiger partial charge in [0.1, 0.15) is 0 Å². The smallest absolute Gasteiger partial charge is 0.226 e. The summed E-state index contributed by atoms with van der Waals surface area (Å²) < 4.78 is 24.8. The molecule has 1 amide bonds. The van der Waals surface area contributed by atoms with E-state index in [0.29, 0.717) is 39.0 Å². The Bertz CT molecular complexity index is 741. The molecule has 1 aliphatic heterocycles. The van der Waals surface area contributed by atoms with Crippen LogP contribution in [0.25, 0.3) is 0 Å². The number of thiophene rings is 2. The second-order valence-corrected chi connectivity index (χ2v) is 10.3. The highest BCUT2D eigenvalue weighted by molar-refractivity contribution is 7.88. The minimum Gasteiger partial charge on any atom is -0.332 e. The highest BCUT2D eigenvalue weighted by Crippen LogP contribution is 2.25. The van der Waals surface area contributed by atoms with E-state index in [2.05, 4.69) is 0 Å². The van der Waals surface area contributed by atoms with Crippen LogP contribution in [-0.4, -0.2) is 42.9 Å². The van der Waals surface area contributed by atoms with Gasteiger partial charge in [-0.1, -0.05) is 12.1 Å². The van der Waals surface area contributed by atoms with Crippen LogP contribution in [0.5, 0.6) is 0 Å². The lowest BCUT2D eigenvalue weighted by Crippen LogP contribution is -2.43. The lowest BCUT2D eigenvalue weighted by Gasteiger charge is -2.33. The van der Waals surface area contributed by atoms with Crippen LogP contribution in [0.3, 0.4) is 0 Å². The van der Waals surface area contributed by atoms with Crippen LogP contribution in [-0.2, 0) is 27.9 Å². The molecule has 2 aromatic rings. The molecule has 0 radical (unpaired) electrons. The van der Waals surface area contributed by atoms with Crippen molar-refractivity contribution >= 4 is 38.6 Å². The Labute approximate surface area is 156 Å². The van der Waals surface area contributed by atoms with Crippen molar-refractivity contribution in [3.05, 3.63) is 44.8 Å². The van der Waals surface area contributed by atoms with Crippen LogP contribution in [0.15, 0.2) is 35.0 Å². The predicted octanol–water partition coefficient (Wildman–Crippen LogP) is 3.01. The average molecular weight is 399 g/mol. The fourth-order valence-electron chi connectivity index (χ4n) is 3.09. The van der Waals surface area contributed by atoms with Gasteiger partial charge in [-0.3, -0.25) is 4.79 Å². The molecule has 0 aromatic carbocycles. The second-order valence-electron chi connectivity index (χ2n) is 6.29. The molecule has 0 spiro atoms. The Morgan fingerprint density at radius 2 is 1.64 bits per heavy atom. The van der Waals surface area contributed by atoms with E-state index in [4.69, 9.17) is 0 Å². The molecule has 1 aliphatic rings. The number of carbonyl (C=O) groups is 1. The third kappa shape index (κ3) is 4.91. The van der Waals surface area contributed by atoms with Gasteiger partial charge >= 0.3 is 0 Å². The third-order valence-electron chi connectivity index (χ3n) is 4.44. The number of nitrogens with zero attached hydrogens (tertiary/aromatic N) is 2. The van der Waals surface area contributed by atoms with Gasteiger partial charge in [0, 0.05) is 28.8 Å². The summed E-state index contributed by atoms with van der Waals surface area (Å²) in [5.74, 6) is 0.0351. The average Bonchev–Trinajstić information content (AvgIpc) is 3.27. The fraction of sp³-hybridized carbons (Fsp3) is 0.471. The highest BCUT2D eigenvalue weighted by Gasteiger charge is 2.31. The maximum Gasteiger partial charge on any atom is 0.226 e. The third-order valence-corrected chi connectivity index (χ3v) is 7.46. The van der Waals surface area contributed by atoms with Gasteiger partial charge in [0.15, 0.2) is 0 Å². The molecular weight excluding hydrogens is 376 g/mol. The van der Waals surface area contributed by atoms with E-state index < -0.39 is 10.0 Å². The topological polar surface area (TPSA) is 57.7 Å². The summed E-state index contributed by atoms with van der Waals surface area (Å²) in [5.41, 5.74) is 0. The zero-order chi connectivity index (χ0) is 17.9. The molecule has 0 aliphatic carbocycles. The lowest BCUT2D eigenvalue weighted by molar-refractivity contribution is -0.138. The first kappa shape index (κ1) is 18.6. The summed E-state index contributed by atoms with van der Waals surface area (Å²) in [6.07, 6.45) is 2.42. The monoisotopic (exact) mass is 398 g/mol. The Hall–Kier alpha value is -1.22. The number of rotatable bonds is 6. The second kappa shape index (κ2) is 7.99. The van der Waals surface area contributed by atoms with Crippen molar-refractivity contribution in [1.82, 2.24) is 9.21 Å². The molecule has 3 heterocycles. The van der Waals surface area contributed by atoms with Crippen LogP contribution >= 0.6 is 22.7 Å². The van der Waals surface area contributed by atoms with Gasteiger partial charge in [-0.05, 0) is 35.7 Å². The van der Waals surface area contributed by atoms with Crippen LogP contribution in [0.1, 0.15) is 22.6 Å². The Morgan fingerprint density at radius 1 is 1.12 bits per heavy atom. The molecular formula is C17H22N2O3S3. The summed E-state index contributed by atoms with van der Waals surface area (Å²) in [5, 5.41) is 4.04. The van der Waals surface area contributed by atoms with Crippen LogP contribution in [0.2, 0.25) is 0 Å². The van der Waals surface area contributed by atoms with Gasteiger partial charge in [-0.15, -0.1) is 22.7 Å². The van der Waals surface area contributed by atoms with Crippen molar-refractivity contribution in [3.8, 4) is 0 Å². The molecule has 25 heavy (non-hydrogen) atoms. The van der Waals surface area contributed by atoms with E-state index in [9.17, 15) is 13.2 Å². The minimum atomic E-state index is -3.17. The van der Waals surface area contributed by atoms with Crippen LogP contribution in [0, 0.1) is 5.92 Å². The van der Waals surface area contributed by atoms with Gasteiger partial charge in [-0.25, -0.2) is 12.7 Å². The molecule has 0 saturated carbocycles. The van der Waals surface area contributed by atoms with E-state index in [0.717, 1.165) is 0 Å². The van der Waals surface area contributed by atoms with Crippen molar-refractivity contribution in [1.29, 1.82) is 0 Å². The van der Waals surface area contributed by atoms with Crippen LogP contribution in [0.4, 0.5) is 0 Å². The minimum absolute atomic E-state index is 0.0991. The zero-order valence-electron chi connectivity index (χ0n) is 14.1. The fourth-order valence-corrected chi connectivity index (χ4v) is 5.40. The lowest BCUT2D eigenvalue weighted by atomic mass is 9.96. The predicted molar refractivity (Wildman–Crippen MR) is 102 cm³/mol. The number of carbonyl (C=O) groups excluding carboxylic acids is 1. The summed E-state index contributed by atoms with van der Waals surface area (Å²) in [6.45, 7) is 2.09. The molecule has 1 saturated heterocycles. The number of hydrogen-bond acceptors (Lipinski definition) is 5. The number of piperidine rings is 1. The summed E-state index contributed by atoms with van der Waals surface area (Å²) >= 11 is 3.31. The largest absolute Gasteiger partial charge is 0.332 e. The summed E-state index contributed by atoms with van der Waals surface area (Å²) in [6, 6.07) is 8.09. The van der Waals surface area contributed by atoms with Gasteiger partial charge in [0.05, 0.1) is 19.3 Å². The van der Waals surface area contributed by atoms with Gasteiger partial charge < -0.3 is 4.90 Å². The molecule has 0 bridgehead atoms. The van der Waals surface area contributed by atoms with E-state index in [1.165, 1.54) is 20.3 Å². The molecule has 0 N–H and O–H groups in total. The van der Waals surface area contributed by atoms with Crippen molar-refractivity contribution in [2.45, 2.75) is 25.9 Å². The Balaban J connectivity index is 1.68. The SMILES string of the molecule is CS(=O)(=O)N1CCC(C(=O)N(Cc2cccs2)Cc2cccs2)CC1. The maximum absolute atomic E-state index is 13.1. The van der Waals surface area contributed by atoms with Crippen molar-refractivity contribution < 1.29 is 13.2 Å². The maximum atomic E-state index is 13.1. The van der Waals surface area contributed by atoms with E-state index in [1.54, 1.807) is 22.7 Å². The highest BCUT2D eigenvalue weighted by atomic mass is 32.2. The molecule has 1 fully saturated rings. The molecule has 136 valence electrons. The molecule has 3 rings (SSSR count). The summed E-state index contributed by atoms with van der Waals surface area (Å²) in [4.78, 5) is 17.3. The first-order valence-electron chi connectivity index (χ1n) is 8.22. The standard InChI is InChI=1S/C17H22N2O3S3/c1-25(21,22)19-8-6-14(7-9-19)17(20)18(12-15-4-2-10-23-15)13-16-5-3-11-24-16/h2-5,10-11,14H,6-9,12-13H2,1H3. The molecule has 8 heteroatoms. The molecule has 0 atom stereocenters.